The van der Waals surface area contributed by atoms with Crippen molar-refractivity contribution >= 4 is 11.7 Å². The van der Waals surface area contributed by atoms with Crippen molar-refractivity contribution in [2.45, 2.75) is 6.04 Å². The fourth-order valence-corrected chi connectivity index (χ4v) is 2.61. The van der Waals surface area contributed by atoms with Gasteiger partial charge in [0.25, 0.3) is 11.7 Å². The highest BCUT2D eigenvalue weighted by molar-refractivity contribution is 6.44. The van der Waals surface area contributed by atoms with Crippen molar-refractivity contribution in [2.24, 2.45) is 0 Å². The van der Waals surface area contributed by atoms with Gasteiger partial charge in [-0.25, -0.2) is 0 Å². The van der Waals surface area contributed by atoms with E-state index in [1.807, 2.05) is 42.5 Å². The maximum atomic E-state index is 12.1. The summed E-state index contributed by atoms with van der Waals surface area (Å²) in [5, 5.41) is 9.49. The number of rotatable bonds is 2. The van der Waals surface area contributed by atoms with Crippen LogP contribution in [0.25, 0.3) is 0 Å². The molecule has 20 heavy (non-hydrogen) atoms. The molecule has 0 saturated carbocycles. The zero-order valence-electron chi connectivity index (χ0n) is 10.7. The van der Waals surface area contributed by atoms with Crippen LogP contribution in [-0.4, -0.2) is 28.4 Å². The van der Waals surface area contributed by atoms with Gasteiger partial charge in [0, 0.05) is 5.56 Å². The molecule has 0 fully saturated rings. The average molecular weight is 267 g/mol. The van der Waals surface area contributed by atoms with Gasteiger partial charge in [-0.3, -0.25) is 9.59 Å². The number of amides is 1. The summed E-state index contributed by atoms with van der Waals surface area (Å²) in [5.74, 6) is -1.23. The molecule has 2 aromatic carbocycles. The van der Waals surface area contributed by atoms with Crippen LogP contribution in [0, 0.1) is 0 Å². The van der Waals surface area contributed by atoms with Gasteiger partial charge in [-0.15, -0.1) is 0 Å². The largest absolute Gasteiger partial charge is 0.376 e. The summed E-state index contributed by atoms with van der Waals surface area (Å²) in [6.07, 6.45) is 0. The second kappa shape index (κ2) is 4.90. The molecule has 3 rings (SSSR count). The number of aliphatic hydroxyl groups excluding tert-OH is 1. The molecular weight excluding hydrogens is 254 g/mol. The second-order valence-corrected chi connectivity index (χ2v) is 4.65. The Morgan fingerprint density at radius 2 is 1.60 bits per heavy atom. The Bertz CT molecular complexity index is 666. The van der Waals surface area contributed by atoms with Crippen molar-refractivity contribution in [1.82, 2.24) is 4.90 Å². The van der Waals surface area contributed by atoms with E-state index in [9.17, 15) is 14.7 Å². The number of ketones is 1. The van der Waals surface area contributed by atoms with E-state index in [0.717, 1.165) is 11.1 Å². The highest BCUT2D eigenvalue weighted by atomic mass is 16.3. The lowest BCUT2D eigenvalue weighted by Gasteiger charge is -2.35. The standard InChI is InChI=1S/C16H13NO3/c18-10-17-14(11-6-2-1-3-7-11)12-8-4-5-9-13(12)15(19)16(17)20/h1-9,14,18H,10H2. The Morgan fingerprint density at radius 1 is 0.950 bits per heavy atom. The number of aliphatic hydroxyl groups is 1. The smallest absolute Gasteiger partial charge is 0.297 e. The fourth-order valence-electron chi connectivity index (χ4n) is 2.61. The van der Waals surface area contributed by atoms with Crippen LogP contribution >= 0.6 is 0 Å². The van der Waals surface area contributed by atoms with Crippen LogP contribution in [0.2, 0.25) is 0 Å². The molecule has 100 valence electrons. The first kappa shape index (κ1) is 12.6. The monoisotopic (exact) mass is 267 g/mol. The van der Waals surface area contributed by atoms with Crippen molar-refractivity contribution in [2.75, 3.05) is 6.73 Å². The normalized spacial score (nSPS) is 18.1. The molecule has 0 spiro atoms. The van der Waals surface area contributed by atoms with Gasteiger partial charge < -0.3 is 10.0 Å². The molecule has 1 N–H and O–H groups in total. The third-order valence-corrected chi connectivity index (χ3v) is 3.53. The number of Topliss-reactive ketones (excluding diaryl/α,β-unsaturated/α-hetero) is 1. The SMILES string of the molecule is O=C1C(=O)N(CO)C(c2ccccc2)c2ccccc21. The molecule has 1 heterocycles. The van der Waals surface area contributed by atoms with Crippen molar-refractivity contribution in [3.05, 3.63) is 71.3 Å². The molecule has 0 saturated heterocycles. The van der Waals surface area contributed by atoms with E-state index in [0.29, 0.717) is 5.56 Å². The first-order valence-corrected chi connectivity index (χ1v) is 6.34. The van der Waals surface area contributed by atoms with E-state index in [2.05, 4.69) is 0 Å². The minimum atomic E-state index is -0.667. The number of fused-ring (bicyclic) bond motifs is 1. The Balaban J connectivity index is 2.22. The fraction of sp³-hybridized carbons (Fsp3) is 0.125. The van der Waals surface area contributed by atoms with Gasteiger partial charge in [-0.05, 0) is 11.1 Å². The van der Waals surface area contributed by atoms with Crippen LogP contribution in [0.3, 0.4) is 0 Å². The Morgan fingerprint density at radius 3 is 2.30 bits per heavy atom. The predicted molar refractivity (Wildman–Crippen MR) is 73.0 cm³/mol. The van der Waals surface area contributed by atoms with E-state index >= 15 is 0 Å². The van der Waals surface area contributed by atoms with Crippen molar-refractivity contribution in [1.29, 1.82) is 0 Å². The number of hydrogen-bond donors (Lipinski definition) is 1. The lowest BCUT2D eigenvalue weighted by Crippen LogP contribution is -2.45. The van der Waals surface area contributed by atoms with E-state index in [4.69, 9.17) is 0 Å². The molecule has 0 aromatic heterocycles. The third kappa shape index (κ3) is 1.82. The summed E-state index contributed by atoms with van der Waals surface area (Å²) in [5.41, 5.74) is 2.03. The summed E-state index contributed by atoms with van der Waals surface area (Å²) < 4.78 is 0. The zero-order valence-corrected chi connectivity index (χ0v) is 10.7. The number of benzene rings is 2. The Kier molecular flexibility index (Phi) is 3.08. The summed E-state index contributed by atoms with van der Waals surface area (Å²) >= 11 is 0. The Labute approximate surface area is 116 Å². The van der Waals surface area contributed by atoms with Crippen LogP contribution in [0.4, 0.5) is 0 Å². The maximum Gasteiger partial charge on any atom is 0.297 e. The number of carbonyl (C=O) groups excluding carboxylic acids is 2. The van der Waals surface area contributed by atoms with E-state index < -0.39 is 24.5 Å². The van der Waals surface area contributed by atoms with Gasteiger partial charge in [0.15, 0.2) is 0 Å². The van der Waals surface area contributed by atoms with E-state index in [1.165, 1.54) is 4.90 Å². The maximum absolute atomic E-state index is 12.1. The Hall–Kier alpha value is -2.46. The van der Waals surface area contributed by atoms with Crippen LogP contribution in [0.1, 0.15) is 27.5 Å². The number of nitrogens with zero attached hydrogens (tertiary/aromatic N) is 1. The van der Waals surface area contributed by atoms with Crippen LogP contribution in [0.5, 0.6) is 0 Å². The van der Waals surface area contributed by atoms with Gasteiger partial charge >= 0.3 is 0 Å². The molecule has 1 aliphatic rings. The van der Waals surface area contributed by atoms with Crippen LogP contribution in [-0.2, 0) is 4.79 Å². The highest BCUT2D eigenvalue weighted by Crippen LogP contribution is 2.34. The summed E-state index contributed by atoms with van der Waals surface area (Å²) in [7, 11) is 0. The number of carbonyl (C=O) groups is 2. The molecular formula is C16H13NO3. The number of hydrogen-bond acceptors (Lipinski definition) is 3. The minimum absolute atomic E-state index is 0.413. The van der Waals surface area contributed by atoms with Crippen LogP contribution < -0.4 is 0 Å². The summed E-state index contributed by atoms with van der Waals surface area (Å²) in [4.78, 5) is 25.4. The molecule has 1 unspecified atom stereocenters. The van der Waals surface area contributed by atoms with Crippen LogP contribution in [0.15, 0.2) is 54.6 Å². The summed E-state index contributed by atoms with van der Waals surface area (Å²) in [6, 6.07) is 16.0. The third-order valence-electron chi connectivity index (χ3n) is 3.53. The van der Waals surface area contributed by atoms with Gasteiger partial charge in [-0.1, -0.05) is 54.6 Å². The van der Waals surface area contributed by atoms with E-state index in [-0.39, 0.29) is 0 Å². The van der Waals surface area contributed by atoms with E-state index in [1.54, 1.807) is 12.1 Å². The molecule has 1 atom stereocenters. The molecule has 1 amide bonds. The average Bonchev–Trinajstić information content (AvgIpc) is 2.51. The zero-order chi connectivity index (χ0) is 14.1. The lowest BCUT2D eigenvalue weighted by molar-refractivity contribution is -0.132. The van der Waals surface area contributed by atoms with Crippen molar-refractivity contribution < 1.29 is 14.7 Å². The molecule has 4 nitrogen and oxygen atoms in total. The first-order chi connectivity index (χ1) is 9.74. The second-order valence-electron chi connectivity index (χ2n) is 4.65. The predicted octanol–water partition coefficient (Wildman–Crippen LogP) is 1.75. The van der Waals surface area contributed by atoms with Gasteiger partial charge in [0.2, 0.25) is 0 Å². The molecule has 2 aromatic rings. The quantitative estimate of drug-likeness (QED) is 0.843. The molecule has 0 aliphatic carbocycles. The van der Waals surface area contributed by atoms with Gasteiger partial charge in [0.1, 0.15) is 6.73 Å². The summed E-state index contributed by atoms with van der Waals surface area (Å²) in [6.45, 7) is -0.488. The molecule has 4 heteroatoms. The first-order valence-electron chi connectivity index (χ1n) is 6.34. The lowest BCUT2D eigenvalue weighted by atomic mass is 9.87. The minimum Gasteiger partial charge on any atom is -0.376 e. The van der Waals surface area contributed by atoms with Gasteiger partial charge in [0.05, 0.1) is 6.04 Å². The van der Waals surface area contributed by atoms with Crippen molar-refractivity contribution in [3.63, 3.8) is 0 Å². The van der Waals surface area contributed by atoms with Crippen molar-refractivity contribution in [3.8, 4) is 0 Å². The van der Waals surface area contributed by atoms with Gasteiger partial charge in [-0.2, -0.15) is 0 Å². The molecule has 0 radical (unpaired) electrons. The molecule has 0 bridgehead atoms. The highest BCUT2D eigenvalue weighted by Gasteiger charge is 2.38. The topological polar surface area (TPSA) is 57.6 Å². The molecule has 1 aliphatic heterocycles.